The van der Waals surface area contributed by atoms with E-state index in [-0.39, 0.29) is 0 Å². The lowest BCUT2D eigenvalue weighted by Gasteiger charge is -2.18. The minimum absolute atomic E-state index is 0.648. The molecule has 1 aromatic rings. The number of hydrogen-bond acceptors (Lipinski definition) is 2. The maximum absolute atomic E-state index is 6.09. The minimum atomic E-state index is 0.648. The van der Waals surface area contributed by atoms with E-state index in [1.54, 1.807) is 0 Å². The third-order valence-corrected chi connectivity index (χ3v) is 4.64. The molecule has 0 heterocycles. The first-order chi connectivity index (χ1) is 7.15. The Bertz CT molecular complexity index is 299. The van der Waals surface area contributed by atoms with Crippen molar-refractivity contribution in [3.05, 3.63) is 29.3 Å². The Morgan fingerprint density at radius 3 is 2.53 bits per heavy atom. The SMILES string of the molecule is CC(C)C(CS)CSc1ccccc1Cl. The van der Waals surface area contributed by atoms with E-state index in [0.29, 0.717) is 11.8 Å². The van der Waals surface area contributed by atoms with Crippen LogP contribution in [0.3, 0.4) is 0 Å². The Morgan fingerprint density at radius 2 is 2.00 bits per heavy atom. The van der Waals surface area contributed by atoms with E-state index >= 15 is 0 Å². The Hall–Kier alpha value is 0.210. The fraction of sp³-hybridized carbons (Fsp3) is 0.500. The molecule has 1 rings (SSSR count). The topological polar surface area (TPSA) is 0 Å². The van der Waals surface area contributed by atoms with Gasteiger partial charge in [0.2, 0.25) is 0 Å². The molecule has 0 aromatic heterocycles. The summed E-state index contributed by atoms with van der Waals surface area (Å²) in [6.45, 7) is 4.49. The van der Waals surface area contributed by atoms with E-state index in [4.69, 9.17) is 11.6 Å². The molecule has 84 valence electrons. The highest BCUT2D eigenvalue weighted by Crippen LogP contribution is 2.30. The van der Waals surface area contributed by atoms with E-state index < -0.39 is 0 Å². The molecule has 0 saturated carbocycles. The van der Waals surface area contributed by atoms with Crippen molar-refractivity contribution in [1.29, 1.82) is 0 Å². The van der Waals surface area contributed by atoms with Gasteiger partial charge in [-0.05, 0) is 29.7 Å². The maximum atomic E-state index is 6.09. The van der Waals surface area contributed by atoms with Gasteiger partial charge in [0.25, 0.3) is 0 Å². The summed E-state index contributed by atoms with van der Waals surface area (Å²) in [6.07, 6.45) is 0. The summed E-state index contributed by atoms with van der Waals surface area (Å²) in [4.78, 5) is 1.17. The van der Waals surface area contributed by atoms with Crippen molar-refractivity contribution in [3.63, 3.8) is 0 Å². The fourth-order valence-corrected chi connectivity index (χ4v) is 3.52. The molecule has 0 radical (unpaired) electrons. The van der Waals surface area contributed by atoms with Crippen molar-refractivity contribution in [2.45, 2.75) is 18.7 Å². The van der Waals surface area contributed by atoms with Crippen molar-refractivity contribution >= 4 is 36.0 Å². The van der Waals surface area contributed by atoms with Gasteiger partial charge in [-0.25, -0.2) is 0 Å². The van der Waals surface area contributed by atoms with Crippen LogP contribution < -0.4 is 0 Å². The van der Waals surface area contributed by atoms with Crippen LogP contribution in [-0.4, -0.2) is 11.5 Å². The molecule has 1 unspecified atom stereocenters. The molecule has 0 fully saturated rings. The van der Waals surface area contributed by atoms with Crippen LogP contribution in [0.2, 0.25) is 5.02 Å². The number of rotatable bonds is 5. The average molecular weight is 261 g/mol. The van der Waals surface area contributed by atoms with Crippen molar-refractivity contribution < 1.29 is 0 Å². The zero-order valence-corrected chi connectivity index (χ0v) is 11.6. The van der Waals surface area contributed by atoms with Gasteiger partial charge in [0.05, 0.1) is 5.02 Å². The summed E-state index contributed by atoms with van der Waals surface area (Å²) >= 11 is 12.3. The standard InChI is InChI=1S/C12H17ClS2/c1-9(2)10(7-14)8-15-12-6-4-3-5-11(12)13/h3-6,9-10,14H,7-8H2,1-2H3. The zero-order valence-electron chi connectivity index (χ0n) is 9.11. The monoisotopic (exact) mass is 260 g/mol. The van der Waals surface area contributed by atoms with Crippen LogP contribution in [0.25, 0.3) is 0 Å². The van der Waals surface area contributed by atoms with Gasteiger partial charge in [0, 0.05) is 10.6 Å². The van der Waals surface area contributed by atoms with Gasteiger partial charge < -0.3 is 0 Å². The third-order valence-electron chi connectivity index (χ3n) is 2.47. The predicted octanol–water partition coefficient (Wildman–Crippen LogP) is 4.63. The molecule has 3 heteroatoms. The van der Waals surface area contributed by atoms with Gasteiger partial charge in [0.15, 0.2) is 0 Å². The lowest BCUT2D eigenvalue weighted by molar-refractivity contribution is 0.473. The first kappa shape index (κ1) is 13.3. The van der Waals surface area contributed by atoms with Crippen LogP contribution >= 0.6 is 36.0 Å². The van der Waals surface area contributed by atoms with Gasteiger partial charge >= 0.3 is 0 Å². The van der Waals surface area contributed by atoms with Crippen LogP contribution in [0, 0.1) is 11.8 Å². The molecule has 0 aliphatic carbocycles. The normalized spacial score (nSPS) is 13.1. The second kappa shape index (κ2) is 6.72. The lowest BCUT2D eigenvalue weighted by Crippen LogP contribution is -2.13. The summed E-state index contributed by atoms with van der Waals surface area (Å²) in [7, 11) is 0. The van der Waals surface area contributed by atoms with Gasteiger partial charge in [-0.1, -0.05) is 37.6 Å². The quantitative estimate of drug-likeness (QED) is 0.595. The summed E-state index contributed by atoms with van der Waals surface area (Å²) in [5.74, 6) is 3.35. The van der Waals surface area contributed by atoms with E-state index in [9.17, 15) is 0 Å². The van der Waals surface area contributed by atoms with Gasteiger partial charge in [-0.3, -0.25) is 0 Å². The van der Waals surface area contributed by atoms with Crippen LogP contribution in [-0.2, 0) is 0 Å². The van der Waals surface area contributed by atoms with E-state index in [1.807, 2.05) is 30.0 Å². The van der Waals surface area contributed by atoms with Crippen LogP contribution in [0.5, 0.6) is 0 Å². The Balaban J connectivity index is 2.53. The average Bonchev–Trinajstić information content (AvgIpc) is 2.21. The number of hydrogen-bond donors (Lipinski definition) is 1. The molecule has 1 atom stereocenters. The summed E-state index contributed by atoms with van der Waals surface area (Å²) < 4.78 is 0. The van der Waals surface area contributed by atoms with E-state index in [1.165, 1.54) is 4.90 Å². The Morgan fingerprint density at radius 1 is 1.33 bits per heavy atom. The van der Waals surface area contributed by atoms with Crippen LogP contribution in [0.1, 0.15) is 13.8 Å². The fourth-order valence-electron chi connectivity index (χ4n) is 1.21. The molecule has 0 aliphatic heterocycles. The van der Waals surface area contributed by atoms with E-state index in [0.717, 1.165) is 16.5 Å². The largest absolute Gasteiger partial charge is 0.179 e. The first-order valence-electron chi connectivity index (χ1n) is 5.13. The summed E-state index contributed by atoms with van der Waals surface area (Å²) in [5.41, 5.74) is 0. The molecular formula is C12H17ClS2. The highest BCUT2D eigenvalue weighted by Gasteiger charge is 2.12. The van der Waals surface area contributed by atoms with Crippen LogP contribution in [0.4, 0.5) is 0 Å². The molecule has 0 bridgehead atoms. The molecule has 0 nitrogen and oxygen atoms in total. The lowest BCUT2D eigenvalue weighted by atomic mass is 10.0. The Labute approximate surface area is 107 Å². The first-order valence-corrected chi connectivity index (χ1v) is 7.13. The second-order valence-electron chi connectivity index (χ2n) is 3.93. The highest BCUT2D eigenvalue weighted by molar-refractivity contribution is 7.99. The summed E-state index contributed by atoms with van der Waals surface area (Å²) in [6, 6.07) is 8.00. The van der Waals surface area contributed by atoms with Gasteiger partial charge in [-0.15, -0.1) is 11.8 Å². The van der Waals surface area contributed by atoms with Crippen molar-refractivity contribution in [3.8, 4) is 0 Å². The Kier molecular flexibility index (Phi) is 5.95. The van der Waals surface area contributed by atoms with Gasteiger partial charge in [-0.2, -0.15) is 12.6 Å². The predicted molar refractivity (Wildman–Crippen MR) is 74.4 cm³/mol. The smallest absolute Gasteiger partial charge is 0.0541 e. The van der Waals surface area contributed by atoms with Crippen LogP contribution in [0.15, 0.2) is 29.2 Å². The number of benzene rings is 1. The molecule has 0 saturated heterocycles. The van der Waals surface area contributed by atoms with E-state index in [2.05, 4.69) is 32.5 Å². The molecule has 15 heavy (non-hydrogen) atoms. The van der Waals surface area contributed by atoms with Crippen molar-refractivity contribution in [1.82, 2.24) is 0 Å². The zero-order chi connectivity index (χ0) is 11.3. The van der Waals surface area contributed by atoms with Crippen molar-refractivity contribution in [2.24, 2.45) is 11.8 Å². The number of thiol groups is 1. The molecule has 1 aromatic carbocycles. The second-order valence-corrected chi connectivity index (χ2v) is 5.76. The number of halogens is 1. The highest BCUT2D eigenvalue weighted by atomic mass is 35.5. The summed E-state index contributed by atoms with van der Waals surface area (Å²) in [5, 5.41) is 0.851. The van der Waals surface area contributed by atoms with Gasteiger partial charge in [0.1, 0.15) is 0 Å². The molecule has 0 aliphatic rings. The molecule has 0 N–H and O–H groups in total. The third kappa shape index (κ3) is 4.29. The molecule has 0 amide bonds. The molecule has 0 spiro atoms. The van der Waals surface area contributed by atoms with Crippen molar-refractivity contribution in [2.75, 3.05) is 11.5 Å². The molecular weight excluding hydrogens is 244 g/mol. The minimum Gasteiger partial charge on any atom is -0.179 e. The maximum Gasteiger partial charge on any atom is 0.0541 e. The number of thioether (sulfide) groups is 1.